The molecule has 7 heteroatoms. The van der Waals surface area contributed by atoms with Crippen LogP contribution in [0.25, 0.3) is 0 Å². The third-order valence-corrected chi connectivity index (χ3v) is 2.31. The summed E-state index contributed by atoms with van der Waals surface area (Å²) in [6.07, 6.45) is 4.67. The highest BCUT2D eigenvalue weighted by Gasteiger charge is 2.30. The van der Waals surface area contributed by atoms with Gasteiger partial charge < -0.3 is 0 Å². The fraction of sp³-hybridized carbons (Fsp3) is 0.400. The third-order valence-electron chi connectivity index (χ3n) is 2.31. The van der Waals surface area contributed by atoms with Crippen molar-refractivity contribution in [1.82, 2.24) is 5.01 Å². The standard InChI is InChI=1S/C10H12N6O/c1-7(2)3-4-16(15-17)10-8-9(12-5-11-8)13-6-14-10/h3,5-6,8H,4H2,1-2H3. The first kappa shape index (κ1) is 11.3. The molecule has 0 aliphatic carbocycles. The van der Waals surface area contributed by atoms with Gasteiger partial charge in [-0.05, 0) is 13.8 Å². The molecule has 2 rings (SSSR count). The molecular weight excluding hydrogens is 220 g/mol. The molecular formula is C10H12N6O. The molecule has 0 spiro atoms. The molecule has 0 aromatic carbocycles. The Bertz CT molecular complexity index is 469. The van der Waals surface area contributed by atoms with E-state index in [-0.39, 0.29) is 0 Å². The van der Waals surface area contributed by atoms with E-state index < -0.39 is 6.04 Å². The summed E-state index contributed by atoms with van der Waals surface area (Å²) in [6, 6.07) is -0.400. The summed E-state index contributed by atoms with van der Waals surface area (Å²) in [6.45, 7) is 4.28. The Morgan fingerprint density at radius 2 is 2.29 bits per heavy atom. The van der Waals surface area contributed by atoms with E-state index in [0.29, 0.717) is 18.2 Å². The summed E-state index contributed by atoms with van der Waals surface area (Å²) in [5.41, 5.74) is 1.10. The van der Waals surface area contributed by atoms with E-state index in [2.05, 4.69) is 25.3 Å². The van der Waals surface area contributed by atoms with Crippen molar-refractivity contribution in [3.63, 3.8) is 0 Å². The molecule has 2 aliphatic rings. The number of nitroso groups, excluding NO2 is 1. The van der Waals surface area contributed by atoms with E-state index in [4.69, 9.17) is 0 Å². The monoisotopic (exact) mass is 232 g/mol. The second kappa shape index (κ2) is 4.77. The molecule has 7 nitrogen and oxygen atoms in total. The molecule has 0 aromatic heterocycles. The maximum absolute atomic E-state index is 10.8. The van der Waals surface area contributed by atoms with Gasteiger partial charge in [0, 0.05) is 0 Å². The molecule has 0 saturated carbocycles. The topological polar surface area (TPSA) is 82.1 Å². The third kappa shape index (κ3) is 2.32. The zero-order chi connectivity index (χ0) is 12.3. The van der Waals surface area contributed by atoms with Crippen molar-refractivity contribution < 1.29 is 0 Å². The molecule has 0 N–H and O–H groups in total. The number of hydrogen-bond donors (Lipinski definition) is 0. The Morgan fingerprint density at radius 1 is 1.47 bits per heavy atom. The number of rotatable bonds is 3. The van der Waals surface area contributed by atoms with Crippen LogP contribution in [0.15, 0.2) is 36.9 Å². The fourth-order valence-corrected chi connectivity index (χ4v) is 1.45. The minimum Gasteiger partial charge on any atom is -0.254 e. The van der Waals surface area contributed by atoms with Crippen molar-refractivity contribution in [3.8, 4) is 0 Å². The highest BCUT2D eigenvalue weighted by atomic mass is 16.3. The van der Waals surface area contributed by atoms with Gasteiger partial charge in [-0.3, -0.25) is 4.99 Å². The molecule has 0 aromatic rings. The van der Waals surface area contributed by atoms with Crippen LogP contribution in [0.4, 0.5) is 0 Å². The Morgan fingerprint density at radius 3 is 3.00 bits per heavy atom. The number of allylic oxidation sites excluding steroid dienone is 1. The molecule has 0 fully saturated rings. The maximum atomic E-state index is 10.8. The van der Waals surface area contributed by atoms with Crippen molar-refractivity contribution in [2.45, 2.75) is 19.9 Å². The summed E-state index contributed by atoms with van der Waals surface area (Å²) in [5.74, 6) is 1.00. The first-order chi connectivity index (χ1) is 8.22. The number of fused-ring (bicyclic) bond motifs is 1. The second-order valence-corrected chi connectivity index (χ2v) is 3.83. The summed E-state index contributed by atoms with van der Waals surface area (Å²) in [5, 5.41) is 4.23. The van der Waals surface area contributed by atoms with E-state index in [1.165, 1.54) is 17.7 Å². The van der Waals surface area contributed by atoms with Crippen molar-refractivity contribution in [3.05, 3.63) is 16.6 Å². The molecule has 1 atom stereocenters. The van der Waals surface area contributed by atoms with Gasteiger partial charge in [0.2, 0.25) is 0 Å². The van der Waals surface area contributed by atoms with Crippen molar-refractivity contribution in [1.29, 1.82) is 0 Å². The van der Waals surface area contributed by atoms with E-state index in [1.807, 2.05) is 19.9 Å². The van der Waals surface area contributed by atoms with E-state index in [9.17, 15) is 4.91 Å². The lowest BCUT2D eigenvalue weighted by Crippen LogP contribution is -2.39. The minimum atomic E-state index is -0.400. The molecule has 17 heavy (non-hydrogen) atoms. The summed E-state index contributed by atoms with van der Waals surface area (Å²) >= 11 is 0. The van der Waals surface area contributed by atoms with Crippen LogP contribution in [0.5, 0.6) is 0 Å². The molecule has 2 aliphatic heterocycles. The Kier molecular flexibility index (Phi) is 3.17. The van der Waals surface area contributed by atoms with E-state index in [1.54, 1.807) is 0 Å². The van der Waals surface area contributed by atoms with Crippen molar-refractivity contribution in [2.75, 3.05) is 6.54 Å². The Hall–Kier alpha value is -2.18. The lowest BCUT2D eigenvalue weighted by molar-refractivity contribution is 0.475. The predicted molar refractivity (Wildman–Crippen MR) is 67.6 cm³/mol. The van der Waals surface area contributed by atoms with Crippen molar-refractivity contribution >= 4 is 24.3 Å². The van der Waals surface area contributed by atoms with E-state index >= 15 is 0 Å². The minimum absolute atomic E-state index is 0.373. The normalized spacial score (nSPS) is 20.5. The van der Waals surface area contributed by atoms with Crippen LogP contribution in [-0.2, 0) is 0 Å². The maximum Gasteiger partial charge on any atom is 0.171 e. The number of hydrogen-bond acceptors (Lipinski definition) is 6. The van der Waals surface area contributed by atoms with Crippen LogP contribution in [0.2, 0.25) is 0 Å². The lowest BCUT2D eigenvalue weighted by Gasteiger charge is -2.20. The van der Waals surface area contributed by atoms with Gasteiger partial charge in [-0.25, -0.2) is 20.0 Å². The van der Waals surface area contributed by atoms with Gasteiger partial charge in [-0.2, -0.15) is 0 Å². The highest BCUT2D eigenvalue weighted by Crippen LogP contribution is 2.13. The first-order valence-electron chi connectivity index (χ1n) is 5.16. The van der Waals surface area contributed by atoms with Crippen LogP contribution >= 0.6 is 0 Å². The number of nitrogens with zero attached hydrogens (tertiary/aromatic N) is 6. The Labute approximate surface area is 98.3 Å². The SMILES string of the molecule is CC(C)=CCN(N=O)C1=NC=NC2=NC=NC21. The van der Waals surface area contributed by atoms with Gasteiger partial charge >= 0.3 is 0 Å². The van der Waals surface area contributed by atoms with Crippen LogP contribution in [0, 0.1) is 4.91 Å². The van der Waals surface area contributed by atoms with Gasteiger partial charge in [-0.1, -0.05) is 11.6 Å². The van der Waals surface area contributed by atoms with Crippen molar-refractivity contribution in [2.24, 2.45) is 25.3 Å². The number of aliphatic imine (C=N–C) groups is 4. The second-order valence-electron chi connectivity index (χ2n) is 3.83. The highest BCUT2D eigenvalue weighted by molar-refractivity contribution is 6.19. The van der Waals surface area contributed by atoms with Crippen LogP contribution < -0.4 is 0 Å². The average molecular weight is 232 g/mol. The lowest BCUT2D eigenvalue weighted by atomic mass is 10.2. The average Bonchev–Trinajstić information content (AvgIpc) is 2.78. The molecule has 1 unspecified atom stereocenters. The van der Waals surface area contributed by atoms with Gasteiger partial charge in [0.25, 0.3) is 0 Å². The van der Waals surface area contributed by atoms with Crippen LogP contribution in [0.3, 0.4) is 0 Å². The summed E-state index contributed by atoms with van der Waals surface area (Å²) < 4.78 is 0. The number of amidine groups is 2. The van der Waals surface area contributed by atoms with Gasteiger partial charge in [0.1, 0.15) is 12.7 Å². The van der Waals surface area contributed by atoms with E-state index in [0.717, 1.165) is 5.57 Å². The summed E-state index contributed by atoms with van der Waals surface area (Å²) in [4.78, 5) is 27.0. The van der Waals surface area contributed by atoms with Crippen LogP contribution in [0.1, 0.15) is 13.8 Å². The molecule has 0 radical (unpaired) electrons. The summed E-state index contributed by atoms with van der Waals surface area (Å²) in [7, 11) is 0. The first-order valence-corrected chi connectivity index (χ1v) is 5.16. The zero-order valence-electron chi connectivity index (χ0n) is 9.61. The quantitative estimate of drug-likeness (QED) is 0.416. The largest absolute Gasteiger partial charge is 0.254 e. The fourth-order valence-electron chi connectivity index (χ4n) is 1.45. The van der Waals surface area contributed by atoms with Crippen LogP contribution in [-0.4, -0.2) is 41.9 Å². The molecule has 88 valence electrons. The molecule has 0 saturated heterocycles. The van der Waals surface area contributed by atoms with Gasteiger partial charge in [-0.15, -0.1) is 4.91 Å². The van der Waals surface area contributed by atoms with Gasteiger partial charge in [0.15, 0.2) is 17.7 Å². The zero-order valence-corrected chi connectivity index (χ0v) is 9.61. The molecule has 0 bridgehead atoms. The molecule has 0 amide bonds. The smallest absolute Gasteiger partial charge is 0.171 e. The Balaban J connectivity index is 2.20. The molecule has 2 heterocycles. The van der Waals surface area contributed by atoms with Gasteiger partial charge in [0.05, 0.1) is 11.8 Å². The predicted octanol–water partition coefficient (Wildman–Crippen LogP) is 1.19.